The van der Waals surface area contributed by atoms with Crippen molar-refractivity contribution in [1.29, 1.82) is 5.26 Å². The number of rotatable bonds is 5. The quantitative estimate of drug-likeness (QED) is 0.914. The zero-order valence-electron chi connectivity index (χ0n) is 12.7. The van der Waals surface area contributed by atoms with Gasteiger partial charge in [0.15, 0.2) is 6.61 Å². The summed E-state index contributed by atoms with van der Waals surface area (Å²) in [5, 5.41) is 11.5. The SMILES string of the molecule is CC(C)c1cccc(OCC(=O)Nc2ccc(C#N)cc2)c1. The summed E-state index contributed by atoms with van der Waals surface area (Å²) >= 11 is 0. The molecule has 0 bridgehead atoms. The van der Waals surface area contributed by atoms with Crippen molar-refractivity contribution in [3.8, 4) is 11.8 Å². The van der Waals surface area contributed by atoms with Crippen LogP contribution in [0, 0.1) is 11.3 Å². The summed E-state index contributed by atoms with van der Waals surface area (Å²) in [5.74, 6) is 0.858. The van der Waals surface area contributed by atoms with Gasteiger partial charge in [0.25, 0.3) is 5.91 Å². The van der Waals surface area contributed by atoms with E-state index >= 15 is 0 Å². The molecule has 0 spiro atoms. The van der Waals surface area contributed by atoms with Gasteiger partial charge < -0.3 is 10.1 Å². The van der Waals surface area contributed by atoms with Crippen LogP contribution in [0.25, 0.3) is 0 Å². The Morgan fingerprint density at radius 2 is 1.95 bits per heavy atom. The van der Waals surface area contributed by atoms with E-state index in [4.69, 9.17) is 10.00 Å². The molecule has 2 rings (SSSR count). The summed E-state index contributed by atoms with van der Waals surface area (Å²) in [5.41, 5.74) is 2.37. The summed E-state index contributed by atoms with van der Waals surface area (Å²) < 4.78 is 5.51. The molecule has 2 aromatic carbocycles. The first-order valence-corrected chi connectivity index (χ1v) is 7.11. The van der Waals surface area contributed by atoms with Crippen molar-refractivity contribution in [2.45, 2.75) is 19.8 Å². The third-order valence-corrected chi connectivity index (χ3v) is 3.19. The average Bonchev–Trinajstić information content (AvgIpc) is 2.54. The summed E-state index contributed by atoms with van der Waals surface area (Å²) in [4.78, 5) is 11.9. The van der Waals surface area contributed by atoms with Gasteiger partial charge in [0, 0.05) is 5.69 Å². The lowest BCUT2D eigenvalue weighted by Gasteiger charge is -2.10. The predicted molar refractivity (Wildman–Crippen MR) is 85.8 cm³/mol. The summed E-state index contributed by atoms with van der Waals surface area (Å²) in [7, 11) is 0. The molecule has 0 atom stereocenters. The van der Waals surface area contributed by atoms with Crippen LogP contribution in [-0.4, -0.2) is 12.5 Å². The lowest BCUT2D eigenvalue weighted by atomic mass is 10.0. The molecular weight excluding hydrogens is 276 g/mol. The molecule has 4 nitrogen and oxygen atoms in total. The molecule has 2 aromatic rings. The Balaban J connectivity index is 1.89. The molecule has 1 N–H and O–H groups in total. The van der Waals surface area contributed by atoms with Crippen molar-refractivity contribution in [3.05, 3.63) is 59.7 Å². The number of ether oxygens (including phenoxy) is 1. The number of anilines is 1. The highest BCUT2D eigenvalue weighted by molar-refractivity contribution is 5.91. The van der Waals surface area contributed by atoms with Crippen LogP contribution in [-0.2, 0) is 4.79 Å². The zero-order chi connectivity index (χ0) is 15.9. The summed E-state index contributed by atoms with van der Waals surface area (Å²) in [6, 6.07) is 16.5. The fraction of sp³-hybridized carbons (Fsp3) is 0.222. The number of benzene rings is 2. The van der Waals surface area contributed by atoms with Crippen LogP contribution < -0.4 is 10.1 Å². The fourth-order valence-corrected chi connectivity index (χ4v) is 1.94. The van der Waals surface area contributed by atoms with Crippen LogP contribution in [0.4, 0.5) is 5.69 Å². The smallest absolute Gasteiger partial charge is 0.262 e. The molecule has 0 unspecified atom stereocenters. The lowest BCUT2D eigenvalue weighted by Crippen LogP contribution is -2.20. The number of hydrogen-bond acceptors (Lipinski definition) is 3. The number of hydrogen-bond donors (Lipinski definition) is 1. The van der Waals surface area contributed by atoms with Crippen molar-refractivity contribution in [3.63, 3.8) is 0 Å². The minimum absolute atomic E-state index is 0.0540. The number of nitriles is 1. The first kappa shape index (κ1) is 15.6. The number of nitrogens with one attached hydrogen (secondary N) is 1. The Morgan fingerprint density at radius 1 is 1.23 bits per heavy atom. The van der Waals surface area contributed by atoms with Crippen LogP contribution >= 0.6 is 0 Å². The molecule has 0 saturated carbocycles. The average molecular weight is 294 g/mol. The van der Waals surface area contributed by atoms with Gasteiger partial charge in [-0.05, 0) is 47.9 Å². The van der Waals surface area contributed by atoms with E-state index < -0.39 is 0 Å². The second-order valence-corrected chi connectivity index (χ2v) is 5.25. The minimum Gasteiger partial charge on any atom is -0.484 e. The molecule has 112 valence electrons. The van der Waals surface area contributed by atoms with Gasteiger partial charge in [-0.15, -0.1) is 0 Å². The number of carbonyl (C=O) groups excluding carboxylic acids is 1. The third kappa shape index (κ3) is 4.35. The largest absolute Gasteiger partial charge is 0.484 e. The molecule has 22 heavy (non-hydrogen) atoms. The van der Waals surface area contributed by atoms with Crippen LogP contribution in [0.3, 0.4) is 0 Å². The first-order valence-electron chi connectivity index (χ1n) is 7.11. The van der Waals surface area contributed by atoms with Crippen LogP contribution in [0.15, 0.2) is 48.5 Å². The molecule has 1 amide bonds. The molecule has 0 aliphatic rings. The van der Waals surface area contributed by atoms with Crippen molar-refractivity contribution >= 4 is 11.6 Å². The Hall–Kier alpha value is -2.80. The normalized spacial score (nSPS) is 10.1. The summed E-state index contributed by atoms with van der Waals surface area (Å²) in [6.45, 7) is 4.16. The number of amides is 1. The number of nitrogens with zero attached hydrogens (tertiary/aromatic N) is 1. The van der Waals surface area contributed by atoms with Gasteiger partial charge in [-0.25, -0.2) is 0 Å². The Kier molecular flexibility index (Phi) is 5.16. The van der Waals surface area contributed by atoms with E-state index in [1.807, 2.05) is 30.3 Å². The van der Waals surface area contributed by atoms with Gasteiger partial charge in [-0.3, -0.25) is 4.79 Å². The molecule has 0 aromatic heterocycles. The minimum atomic E-state index is -0.236. The van der Waals surface area contributed by atoms with E-state index in [1.165, 1.54) is 5.56 Å². The highest BCUT2D eigenvalue weighted by Crippen LogP contribution is 2.20. The maximum atomic E-state index is 11.9. The second kappa shape index (κ2) is 7.28. The predicted octanol–water partition coefficient (Wildman–Crippen LogP) is 3.70. The molecule has 0 fully saturated rings. The van der Waals surface area contributed by atoms with Gasteiger partial charge in [-0.1, -0.05) is 26.0 Å². The highest BCUT2D eigenvalue weighted by Gasteiger charge is 2.05. The van der Waals surface area contributed by atoms with Gasteiger partial charge in [0.2, 0.25) is 0 Å². The third-order valence-electron chi connectivity index (χ3n) is 3.19. The Bertz CT molecular complexity index is 685. The standard InChI is InChI=1S/C18H18N2O2/c1-13(2)15-4-3-5-17(10-15)22-12-18(21)20-16-8-6-14(11-19)7-9-16/h3-10,13H,12H2,1-2H3,(H,20,21). The maximum absolute atomic E-state index is 11.9. The Labute approximate surface area is 130 Å². The van der Waals surface area contributed by atoms with Gasteiger partial charge in [0.05, 0.1) is 11.6 Å². The molecule has 0 aliphatic carbocycles. The van der Waals surface area contributed by atoms with E-state index in [9.17, 15) is 4.79 Å². The topological polar surface area (TPSA) is 62.1 Å². The van der Waals surface area contributed by atoms with Crippen LogP contribution in [0.1, 0.15) is 30.9 Å². The molecule has 0 saturated heterocycles. The highest BCUT2D eigenvalue weighted by atomic mass is 16.5. The molecule has 0 aliphatic heterocycles. The molecular formula is C18H18N2O2. The van der Waals surface area contributed by atoms with Crippen molar-refractivity contribution < 1.29 is 9.53 Å². The number of carbonyl (C=O) groups is 1. The van der Waals surface area contributed by atoms with Crippen LogP contribution in [0.2, 0.25) is 0 Å². The second-order valence-electron chi connectivity index (χ2n) is 5.25. The van der Waals surface area contributed by atoms with Gasteiger partial charge >= 0.3 is 0 Å². The summed E-state index contributed by atoms with van der Waals surface area (Å²) in [6.07, 6.45) is 0. The monoisotopic (exact) mass is 294 g/mol. The molecule has 0 radical (unpaired) electrons. The first-order chi connectivity index (χ1) is 10.6. The lowest BCUT2D eigenvalue weighted by molar-refractivity contribution is -0.118. The van der Waals surface area contributed by atoms with Crippen molar-refractivity contribution in [2.75, 3.05) is 11.9 Å². The zero-order valence-corrected chi connectivity index (χ0v) is 12.7. The molecule has 0 heterocycles. The van der Waals surface area contributed by atoms with Gasteiger partial charge in [-0.2, -0.15) is 5.26 Å². The van der Waals surface area contributed by atoms with Gasteiger partial charge in [0.1, 0.15) is 5.75 Å². The van der Waals surface area contributed by atoms with E-state index in [1.54, 1.807) is 24.3 Å². The van der Waals surface area contributed by atoms with E-state index in [0.29, 0.717) is 22.9 Å². The van der Waals surface area contributed by atoms with Crippen LogP contribution in [0.5, 0.6) is 5.75 Å². The van der Waals surface area contributed by atoms with Crippen molar-refractivity contribution in [2.24, 2.45) is 0 Å². The fourth-order valence-electron chi connectivity index (χ4n) is 1.94. The maximum Gasteiger partial charge on any atom is 0.262 e. The molecule has 4 heteroatoms. The van der Waals surface area contributed by atoms with Crippen molar-refractivity contribution in [1.82, 2.24) is 0 Å². The Morgan fingerprint density at radius 3 is 2.59 bits per heavy atom. The van der Waals surface area contributed by atoms with E-state index in [0.717, 1.165) is 0 Å². The van der Waals surface area contributed by atoms with E-state index in [2.05, 4.69) is 19.2 Å². The van der Waals surface area contributed by atoms with E-state index in [-0.39, 0.29) is 12.5 Å².